The lowest BCUT2D eigenvalue weighted by molar-refractivity contribution is 1.19. The third-order valence-electron chi connectivity index (χ3n) is 7.85. The van der Waals surface area contributed by atoms with Gasteiger partial charge in [0.2, 0.25) is 0 Å². The van der Waals surface area contributed by atoms with E-state index in [2.05, 4.69) is 133 Å². The van der Waals surface area contributed by atoms with Crippen molar-refractivity contribution < 1.29 is 0 Å². The summed E-state index contributed by atoms with van der Waals surface area (Å²) < 4.78 is 0. The predicted molar refractivity (Wildman–Crippen MR) is 168 cm³/mol. The second kappa shape index (κ2) is 9.14. The lowest BCUT2D eigenvalue weighted by Crippen LogP contribution is -1.97. The molecule has 0 aliphatic heterocycles. The number of hydrogen-bond acceptors (Lipinski definition) is 2. The third kappa shape index (κ3) is 3.58. The summed E-state index contributed by atoms with van der Waals surface area (Å²) >= 11 is 0. The molecule has 2 heteroatoms. The van der Waals surface area contributed by atoms with Gasteiger partial charge in [-0.15, -0.1) is 0 Å². The Balaban J connectivity index is 1.52. The van der Waals surface area contributed by atoms with E-state index >= 15 is 0 Å². The molecule has 1 aromatic heterocycles. The van der Waals surface area contributed by atoms with Gasteiger partial charge >= 0.3 is 0 Å². The summed E-state index contributed by atoms with van der Waals surface area (Å²) in [5.74, 6) is 0.732. The van der Waals surface area contributed by atoms with Gasteiger partial charge in [-0.25, -0.2) is 9.97 Å². The second-order valence-electron chi connectivity index (χ2n) is 10.2. The zero-order chi connectivity index (χ0) is 26.5. The molecule has 8 rings (SSSR count). The van der Waals surface area contributed by atoms with Crippen molar-refractivity contribution in [2.24, 2.45) is 0 Å². The van der Waals surface area contributed by atoms with E-state index in [0.29, 0.717) is 0 Å². The van der Waals surface area contributed by atoms with Crippen molar-refractivity contribution in [1.29, 1.82) is 0 Å². The van der Waals surface area contributed by atoms with Gasteiger partial charge in [0.25, 0.3) is 0 Å². The minimum atomic E-state index is 0.732. The van der Waals surface area contributed by atoms with Crippen LogP contribution in [-0.2, 0) is 0 Å². The number of aromatic nitrogens is 2. The topological polar surface area (TPSA) is 25.8 Å². The summed E-state index contributed by atoms with van der Waals surface area (Å²) in [6.45, 7) is 0. The number of fused-ring (bicyclic) bond motifs is 8. The van der Waals surface area contributed by atoms with E-state index in [9.17, 15) is 0 Å². The average molecular weight is 509 g/mol. The normalized spacial score (nSPS) is 11.5. The molecular weight excluding hydrogens is 484 g/mol. The van der Waals surface area contributed by atoms with Crippen molar-refractivity contribution in [2.75, 3.05) is 0 Å². The van der Waals surface area contributed by atoms with Crippen LogP contribution in [0.3, 0.4) is 0 Å². The van der Waals surface area contributed by atoms with E-state index in [0.717, 1.165) is 39.3 Å². The summed E-state index contributed by atoms with van der Waals surface area (Å²) in [6, 6.07) is 51.3. The van der Waals surface area contributed by atoms with Gasteiger partial charge in [-0.3, -0.25) is 0 Å². The molecule has 0 aliphatic carbocycles. The molecule has 186 valence electrons. The van der Waals surface area contributed by atoms with Crippen molar-refractivity contribution >= 4 is 43.1 Å². The molecule has 0 amide bonds. The lowest BCUT2D eigenvalue weighted by Gasteiger charge is -2.16. The molecule has 0 spiro atoms. The Hall–Kier alpha value is -5.34. The van der Waals surface area contributed by atoms with E-state index in [-0.39, 0.29) is 0 Å². The van der Waals surface area contributed by atoms with E-state index in [1.807, 2.05) is 12.1 Å². The SMILES string of the molecule is c1ccc(-c2cc(-c3ccccc3)nc(-c3cc4c5ccccc5c5ccccc5c4c4ccccc34)n2)cc1. The summed E-state index contributed by atoms with van der Waals surface area (Å²) in [7, 11) is 0. The summed E-state index contributed by atoms with van der Waals surface area (Å²) in [4.78, 5) is 10.4. The van der Waals surface area contributed by atoms with Crippen LogP contribution in [0, 0.1) is 0 Å². The van der Waals surface area contributed by atoms with E-state index in [4.69, 9.17) is 9.97 Å². The van der Waals surface area contributed by atoms with Gasteiger partial charge in [0.1, 0.15) is 0 Å². The van der Waals surface area contributed by atoms with Crippen LogP contribution < -0.4 is 0 Å². The molecule has 2 nitrogen and oxygen atoms in total. The highest BCUT2D eigenvalue weighted by Gasteiger charge is 2.17. The summed E-state index contributed by atoms with van der Waals surface area (Å²) in [5.41, 5.74) is 5.02. The molecule has 0 N–H and O–H groups in total. The number of rotatable bonds is 3. The molecule has 0 aliphatic rings. The molecule has 0 bridgehead atoms. The molecular formula is C38H24N2. The smallest absolute Gasteiger partial charge is 0.161 e. The average Bonchev–Trinajstić information content (AvgIpc) is 3.05. The fourth-order valence-electron chi connectivity index (χ4n) is 6.03. The van der Waals surface area contributed by atoms with Crippen LogP contribution >= 0.6 is 0 Å². The highest BCUT2D eigenvalue weighted by Crippen LogP contribution is 2.42. The lowest BCUT2D eigenvalue weighted by atomic mass is 9.89. The summed E-state index contributed by atoms with van der Waals surface area (Å²) in [6.07, 6.45) is 0. The zero-order valence-electron chi connectivity index (χ0n) is 21.8. The van der Waals surface area contributed by atoms with E-state index in [1.165, 1.54) is 37.7 Å². The van der Waals surface area contributed by atoms with Gasteiger partial charge in [0.15, 0.2) is 5.82 Å². The predicted octanol–water partition coefficient (Wildman–Crippen LogP) is 10.1. The van der Waals surface area contributed by atoms with Crippen molar-refractivity contribution in [1.82, 2.24) is 9.97 Å². The molecule has 0 unspecified atom stereocenters. The van der Waals surface area contributed by atoms with Crippen LogP contribution in [0.25, 0.3) is 77.0 Å². The maximum atomic E-state index is 5.19. The zero-order valence-corrected chi connectivity index (χ0v) is 21.8. The standard InChI is InChI=1S/C38H24N2/c1-3-13-25(14-4-1)35-24-36(26-15-5-2-6-16-26)40-38(39-35)34-23-33-29-19-8-7-17-27(29)28-18-9-11-21-31(28)37(33)32-22-12-10-20-30(32)34/h1-24H. The highest BCUT2D eigenvalue weighted by molar-refractivity contribution is 6.32. The molecule has 40 heavy (non-hydrogen) atoms. The second-order valence-corrected chi connectivity index (χ2v) is 10.2. The number of nitrogens with zero attached hydrogens (tertiary/aromatic N) is 2. The third-order valence-corrected chi connectivity index (χ3v) is 7.85. The Morgan fingerprint density at radius 3 is 1.27 bits per heavy atom. The van der Waals surface area contributed by atoms with Crippen molar-refractivity contribution in [2.45, 2.75) is 0 Å². The molecule has 1 heterocycles. The Bertz CT molecular complexity index is 2140. The maximum Gasteiger partial charge on any atom is 0.161 e. The van der Waals surface area contributed by atoms with Crippen molar-refractivity contribution in [3.05, 3.63) is 146 Å². The number of benzene rings is 7. The largest absolute Gasteiger partial charge is 0.228 e. The van der Waals surface area contributed by atoms with Gasteiger partial charge < -0.3 is 0 Å². The highest BCUT2D eigenvalue weighted by atomic mass is 14.9. The van der Waals surface area contributed by atoms with Crippen LogP contribution in [-0.4, -0.2) is 9.97 Å². The van der Waals surface area contributed by atoms with Crippen LogP contribution in [0.15, 0.2) is 146 Å². The first-order valence-corrected chi connectivity index (χ1v) is 13.6. The van der Waals surface area contributed by atoms with E-state index < -0.39 is 0 Å². The maximum absolute atomic E-state index is 5.19. The molecule has 0 atom stereocenters. The first-order chi connectivity index (χ1) is 19.8. The van der Waals surface area contributed by atoms with Gasteiger partial charge in [0, 0.05) is 16.7 Å². The molecule has 0 saturated heterocycles. The van der Waals surface area contributed by atoms with Gasteiger partial charge in [-0.1, -0.05) is 133 Å². The molecule has 0 radical (unpaired) electrons. The minimum absolute atomic E-state index is 0.732. The minimum Gasteiger partial charge on any atom is -0.228 e. The van der Waals surface area contributed by atoms with Crippen LogP contribution in [0.2, 0.25) is 0 Å². The Kier molecular flexibility index (Phi) is 5.17. The first-order valence-electron chi connectivity index (χ1n) is 13.6. The van der Waals surface area contributed by atoms with Crippen LogP contribution in [0.1, 0.15) is 0 Å². The van der Waals surface area contributed by atoms with Crippen molar-refractivity contribution in [3.63, 3.8) is 0 Å². The number of hydrogen-bond donors (Lipinski definition) is 0. The Morgan fingerprint density at radius 2 is 0.725 bits per heavy atom. The summed E-state index contributed by atoms with van der Waals surface area (Å²) in [5, 5.41) is 9.90. The fourth-order valence-corrected chi connectivity index (χ4v) is 6.03. The Morgan fingerprint density at radius 1 is 0.325 bits per heavy atom. The molecule has 0 saturated carbocycles. The van der Waals surface area contributed by atoms with Gasteiger partial charge in [0.05, 0.1) is 11.4 Å². The van der Waals surface area contributed by atoms with E-state index in [1.54, 1.807) is 0 Å². The van der Waals surface area contributed by atoms with Crippen LogP contribution in [0.4, 0.5) is 0 Å². The van der Waals surface area contributed by atoms with Gasteiger partial charge in [-0.2, -0.15) is 0 Å². The quantitative estimate of drug-likeness (QED) is 0.222. The monoisotopic (exact) mass is 508 g/mol. The van der Waals surface area contributed by atoms with Gasteiger partial charge in [-0.05, 0) is 55.2 Å². The molecule has 0 fully saturated rings. The van der Waals surface area contributed by atoms with Crippen molar-refractivity contribution in [3.8, 4) is 33.9 Å². The fraction of sp³-hybridized carbons (Fsp3) is 0. The molecule has 7 aromatic carbocycles. The van der Waals surface area contributed by atoms with Crippen LogP contribution in [0.5, 0.6) is 0 Å². The molecule has 8 aromatic rings. The first kappa shape index (κ1) is 22.6. The Labute approximate surface area is 232 Å².